The molecule has 0 aliphatic carbocycles. The van der Waals surface area contributed by atoms with Crippen LogP contribution in [-0.2, 0) is 16.1 Å². The molecule has 3 aliphatic rings. The van der Waals surface area contributed by atoms with Crippen molar-refractivity contribution in [2.45, 2.75) is 31.5 Å². The Hall–Kier alpha value is -4.01. The van der Waals surface area contributed by atoms with Gasteiger partial charge in [-0.3, -0.25) is 0 Å². The Bertz CT molecular complexity index is 1580. The standard InChI is InChI=1S/C32H31N4O3S/c37-32(30(23-9-3-1-4-10-23)33-25-12-5-2-6-13-25)38-26-20-36(17-15-22(26)16-18-36)21-29-34-31(39-35-29)28-19-24-11-7-8-14-27(24)40-28/h1-14,19,22,26,30,33H,15-18,20-21H2/q+1/t22?,26-,30+,36?/m0/s1. The van der Waals surface area contributed by atoms with Gasteiger partial charge >= 0.3 is 5.97 Å². The van der Waals surface area contributed by atoms with Gasteiger partial charge in [0, 0.05) is 29.1 Å². The van der Waals surface area contributed by atoms with E-state index in [2.05, 4.69) is 28.7 Å². The molecule has 3 fully saturated rings. The van der Waals surface area contributed by atoms with Gasteiger partial charge in [0.05, 0.1) is 18.0 Å². The van der Waals surface area contributed by atoms with Crippen molar-refractivity contribution in [2.24, 2.45) is 5.92 Å². The molecule has 0 radical (unpaired) electrons. The maximum Gasteiger partial charge on any atom is 0.333 e. The third kappa shape index (κ3) is 5.00. The highest BCUT2D eigenvalue weighted by atomic mass is 32.1. The van der Waals surface area contributed by atoms with Crippen LogP contribution in [0.2, 0.25) is 0 Å². The predicted molar refractivity (Wildman–Crippen MR) is 156 cm³/mol. The lowest BCUT2D eigenvalue weighted by atomic mass is 9.83. The largest absolute Gasteiger partial charge is 0.454 e. The smallest absolute Gasteiger partial charge is 0.333 e. The Kier molecular flexibility index (Phi) is 6.57. The van der Waals surface area contributed by atoms with Gasteiger partial charge in [0.1, 0.15) is 13.1 Å². The number of piperidine rings is 3. The van der Waals surface area contributed by atoms with E-state index in [4.69, 9.17) is 14.2 Å². The molecule has 3 saturated heterocycles. The van der Waals surface area contributed by atoms with Crippen molar-refractivity contribution >= 4 is 33.1 Å². The molecule has 2 aromatic heterocycles. The third-order valence-electron chi connectivity index (χ3n) is 8.34. The first-order valence-corrected chi connectivity index (χ1v) is 14.7. The zero-order valence-electron chi connectivity index (χ0n) is 22.1. The van der Waals surface area contributed by atoms with E-state index in [-0.39, 0.29) is 12.1 Å². The molecule has 0 saturated carbocycles. The van der Waals surface area contributed by atoms with Crippen molar-refractivity contribution in [1.29, 1.82) is 0 Å². The second-order valence-electron chi connectivity index (χ2n) is 11.0. The van der Waals surface area contributed by atoms with Crippen molar-refractivity contribution < 1.29 is 18.5 Å². The summed E-state index contributed by atoms with van der Waals surface area (Å²) in [4.78, 5) is 19.4. The van der Waals surface area contributed by atoms with Crippen molar-refractivity contribution in [3.05, 3.63) is 102 Å². The summed E-state index contributed by atoms with van der Waals surface area (Å²) in [6.45, 7) is 3.53. The topological polar surface area (TPSA) is 77.2 Å². The number of anilines is 1. The van der Waals surface area contributed by atoms with Gasteiger partial charge in [-0.2, -0.15) is 4.98 Å². The molecule has 8 rings (SSSR count). The number of hydrogen-bond donors (Lipinski definition) is 1. The molecule has 0 spiro atoms. The van der Waals surface area contributed by atoms with Gasteiger partial charge < -0.3 is 19.1 Å². The molecule has 8 heteroatoms. The normalized spacial score (nSPS) is 22.7. The Labute approximate surface area is 237 Å². The number of para-hydroxylation sites is 1. The van der Waals surface area contributed by atoms with Crippen LogP contribution >= 0.6 is 11.3 Å². The van der Waals surface area contributed by atoms with Crippen LogP contribution in [-0.4, -0.2) is 46.3 Å². The van der Waals surface area contributed by atoms with E-state index in [1.807, 2.05) is 72.8 Å². The Morgan fingerprint density at radius 1 is 1.00 bits per heavy atom. The number of hydrogen-bond acceptors (Lipinski definition) is 7. The summed E-state index contributed by atoms with van der Waals surface area (Å²) in [7, 11) is 0. The third-order valence-corrected chi connectivity index (χ3v) is 9.45. The number of ether oxygens (including phenoxy) is 1. The van der Waals surface area contributed by atoms with E-state index in [1.165, 1.54) is 10.1 Å². The number of carbonyl (C=O) groups excluding carboxylic acids is 1. The molecule has 40 heavy (non-hydrogen) atoms. The molecular formula is C32H31N4O3S+. The first-order valence-electron chi connectivity index (χ1n) is 13.9. The van der Waals surface area contributed by atoms with Crippen LogP contribution in [0.15, 0.2) is 95.5 Å². The number of thiophene rings is 1. The molecule has 0 amide bonds. The summed E-state index contributed by atoms with van der Waals surface area (Å²) < 4.78 is 14.0. The van der Waals surface area contributed by atoms with Crippen LogP contribution in [0.1, 0.15) is 30.3 Å². The van der Waals surface area contributed by atoms with Crippen molar-refractivity contribution in [2.75, 3.05) is 25.0 Å². The molecule has 202 valence electrons. The Morgan fingerprint density at radius 3 is 2.50 bits per heavy atom. The highest BCUT2D eigenvalue weighted by Crippen LogP contribution is 2.38. The number of fused-ring (bicyclic) bond motifs is 4. The summed E-state index contributed by atoms with van der Waals surface area (Å²) >= 11 is 1.67. The second kappa shape index (κ2) is 10.5. The Morgan fingerprint density at radius 2 is 1.73 bits per heavy atom. The summed E-state index contributed by atoms with van der Waals surface area (Å²) in [5, 5.41) is 8.93. The van der Waals surface area contributed by atoms with Gasteiger partial charge in [-0.15, -0.1) is 11.3 Å². The van der Waals surface area contributed by atoms with Crippen LogP contribution in [0.3, 0.4) is 0 Å². The Balaban J connectivity index is 1.07. The number of quaternary nitrogens is 1. The van der Waals surface area contributed by atoms with Crippen LogP contribution in [0.5, 0.6) is 0 Å². The molecule has 5 heterocycles. The van der Waals surface area contributed by atoms with Crippen LogP contribution in [0.25, 0.3) is 20.9 Å². The first kappa shape index (κ1) is 25.0. The lowest BCUT2D eigenvalue weighted by molar-refractivity contribution is -0.958. The van der Waals surface area contributed by atoms with Crippen molar-refractivity contribution in [3.8, 4) is 10.8 Å². The van der Waals surface area contributed by atoms with Crippen LogP contribution < -0.4 is 5.32 Å². The molecule has 2 atom stereocenters. The van der Waals surface area contributed by atoms with Gasteiger partial charge in [-0.25, -0.2) is 4.79 Å². The van der Waals surface area contributed by atoms with Gasteiger partial charge in [-0.05, 0) is 35.2 Å². The molecule has 5 aromatic rings. The van der Waals surface area contributed by atoms with Crippen molar-refractivity contribution in [3.63, 3.8) is 0 Å². The predicted octanol–water partition coefficient (Wildman–Crippen LogP) is 6.46. The number of benzene rings is 3. The van der Waals surface area contributed by atoms with E-state index >= 15 is 0 Å². The average Bonchev–Trinajstić information content (AvgIpc) is 3.64. The van der Waals surface area contributed by atoms with E-state index in [1.54, 1.807) is 11.3 Å². The number of nitrogens with one attached hydrogen (secondary N) is 1. The van der Waals surface area contributed by atoms with Gasteiger partial charge in [-0.1, -0.05) is 71.9 Å². The molecule has 2 bridgehead atoms. The monoisotopic (exact) mass is 551 g/mol. The maximum atomic E-state index is 13.7. The molecule has 1 N–H and O–H groups in total. The number of carbonyl (C=O) groups is 1. The summed E-state index contributed by atoms with van der Waals surface area (Å²) in [5.41, 5.74) is 1.78. The first-order chi connectivity index (χ1) is 19.6. The van der Waals surface area contributed by atoms with E-state index < -0.39 is 6.04 Å². The number of rotatable bonds is 8. The minimum absolute atomic E-state index is 0.132. The quantitative estimate of drug-likeness (QED) is 0.176. The molecule has 3 aromatic carbocycles. The number of nitrogens with zero attached hydrogens (tertiary/aromatic N) is 3. The van der Waals surface area contributed by atoms with Crippen LogP contribution in [0.4, 0.5) is 5.69 Å². The molecule has 7 nitrogen and oxygen atoms in total. The average molecular weight is 552 g/mol. The fourth-order valence-electron chi connectivity index (χ4n) is 6.22. The highest BCUT2D eigenvalue weighted by Gasteiger charge is 2.48. The summed E-state index contributed by atoms with van der Waals surface area (Å²) in [5.74, 6) is 1.43. The van der Waals surface area contributed by atoms with Gasteiger partial charge in [0.2, 0.25) is 5.82 Å². The fourth-order valence-corrected chi connectivity index (χ4v) is 7.21. The molecular weight excluding hydrogens is 520 g/mol. The van der Waals surface area contributed by atoms with Crippen LogP contribution in [0, 0.1) is 5.92 Å². The second-order valence-corrected chi connectivity index (χ2v) is 12.0. The maximum absolute atomic E-state index is 13.7. The lowest BCUT2D eigenvalue weighted by Crippen LogP contribution is -2.64. The van der Waals surface area contributed by atoms with E-state index in [0.717, 1.165) is 53.1 Å². The summed E-state index contributed by atoms with van der Waals surface area (Å²) in [6, 6.07) is 29.4. The summed E-state index contributed by atoms with van der Waals surface area (Å²) in [6.07, 6.45) is 1.93. The number of aromatic nitrogens is 2. The lowest BCUT2D eigenvalue weighted by Gasteiger charge is -2.51. The van der Waals surface area contributed by atoms with E-state index in [9.17, 15) is 4.79 Å². The van der Waals surface area contributed by atoms with Gasteiger partial charge in [0.25, 0.3) is 5.89 Å². The SMILES string of the molecule is O=C(O[C@H]1C[N+]2(Cc3noc(-c4cc5ccccc5s4)n3)CCC1CC2)[C@H](Nc1ccccc1)c1ccccc1. The molecule has 0 unspecified atom stereocenters. The zero-order chi connectivity index (χ0) is 26.9. The zero-order valence-corrected chi connectivity index (χ0v) is 22.9. The van der Waals surface area contributed by atoms with E-state index in [0.29, 0.717) is 24.2 Å². The minimum atomic E-state index is -0.575. The van der Waals surface area contributed by atoms with Crippen molar-refractivity contribution in [1.82, 2.24) is 10.1 Å². The minimum Gasteiger partial charge on any atom is -0.454 e. The highest BCUT2D eigenvalue weighted by molar-refractivity contribution is 7.22. The van der Waals surface area contributed by atoms with Gasteiger partial charge in [0.15, 0.2) is 12.1 Å². The molecule has 3 aliphatic heterocycles. The number of esters is 1. The fraction of sp³-hybridized carbons (Fsp3) is 0.281.